The molecule has 2 aliphatic heterocycles. The van der Waals surface area contributed by atoms with Crippen molar-refractivity contribution in [2.24, 2.45) is 5.92 Å². The molecule has 1 aromatic rings. The quantitative estimate of drug-likeness (QED) is 0.839. The van der Waals surface area contributed by atoms with Gasteiger partial charge in [0.1, 0.15) is 5.82 Å². The summed E-state index contributed by atoms with van der Waals surface area (Å²) < 4.78 is 13.6. The minimum atomic E-state index is -0.582. The van der Waals surface area contributed by atoms with Crippen molar-refractivity contribution < 1.29 is 18.8 Å². The Morgan fingerprint density at radius 3 is 2.46 bits per heavy atom. The summed E-state index contributed by atoms with van der Waals surface area (Å²) in [5, 5.41) is 2.59. The van der Waals surface area contributed by atoms with Crippen LogP contribution in [0.25, 0.3) is 0 Å². The number of carbonyl (C=O) groups excluding carboxylic acids is 3. The third-order valence-corrected chi connectivity index (χ3v) is 5.53. The summed E-state index contributed by atoms with van der Waals surface area (Å²) in [6, 6.07) is 5.76. The molecule has 2 heterocycles. The van der Waals surface area contributed by atoms with Crippen LogP contribution in [0, 0.1) is 11.7 Å². The first-order chi connectivity index (χ1) is 13.6. The van der Waals surface area contributed by atoms with Crippen molar-refractivity contribution in [1.29, 1.82) is 0 Å². The maximum atomic E-state index is 13.6. The van der Waals surface area contributed by atoms with Crippen molar-refractivity contribution in [2.45, 2.75) is 38.5 Å². The first kappa shape index (κ1) is 20.3. The molecule has 0 aliphatic carbocycles. The van der Waals surface area contributed by atoms with Crippen LogP contribution in [0.5, 0.6) is 0 Å². The second-order valence-corrected chi connectivity index (χ2v) is 7.55. The molecule has 0 aromatic heterocycles. The fourth-order valence-electron chi connectivity index (χ4n) is 3.96. The van der Waals surface area contributed by atoms with E-state index in [-0.39, 0.29) is 36.3 Å². The molecule has 152 valence electrons. The van der Waals surface area contributed by atoms with Gasteiger partial charge in [0.25, 0.3) is 5.91 Å². The normalized spacial score (nSPS) is 20.0. The molecule has 28 heavy (non-hydrogen) atoms. The fourth-order valence-corrected chi connectivity index (χ4v) is 3.96. The Morgan fingerprint density at radius 2 is 1.71 bits per heavy atom. The van der Waals surface area contributed by atoms with Crippen LogP contribution in [0.3, 0.4) is 0 Å². The van der Waals surface area contributed by atoms with Crippen LogP contribution in [0.1, 0.15) is 48.9 Å². The fraction of sp³-hybridized carbons (Fsp3) is 0.571. The van der Waals surface area contributed by atoms with Gasteiger partial charge in [0.2, 0.25) is 11.8 Å². The number of likely N-dealkylation sites (tertiary alicyclic amines) is 2. The summed E-state index contributed by atoms with van der Waals surface area (Å²) in [5.74, 6) is -1.14. The Kier molecular flexibility index (Phi) is 7.01. The third kappa shape index (κ3) is 5.09. The predicted molar refractivity (Wildman–Crippen MR) is 103 cm³/mol. The van der Waals surface area contributed by atoms with E-state index in [9.17, 15) is 18.8 Å². The molecular formula is C21H28FN3O3. The summed E-state index contributed by atoms with van der Waals surface area (Å²) in [4.78, 5) is 40.9. The Hall–Kier alpha value is -2.44. The number of benzene rings is 1. The number of hydrogen-bond donors (Lipinski definition) is 1. The molecule has 0 saturated carbocycles. The minimum absolute atomic E-state index is 0.0277. The summed E-state index contributed by atoms with van der Waals surface area (Å²) >= 11 is 0. The lowest BCUT2D eigenvalue weighted by atomic mass is 9.95. The number of rotatable bonds is 5. The lowest BCUT2D eigenvalue weighted by Gasteiger charge is -2.36. The second kappa shape index (κ2) is 9.66. The van der Waals surface area contributed by atoms with Gasteiger partial charge in [-0.2, -0.15) is 0 Å². The number of piperidine rings is 2. The maximum absolute atomic E-state index is 13.6. The first-order valence-corrected chi connectivity index (χ1v) is 10.2. The molecule has 3 rings (SSSR count). The van der Waals surface area contributed by atoms with Crippen LogP contribution < -0.4 is 5.32 Å². The maximum Gasteiger partial charge on any atom is 0.254 e. The number of nitrogens with zero attached hydrogens (tertiary/aromatic N) is 2. The number of carbonyl (C=O) groups is 3. The molecule has 6 nitrogen and oxygen atoms in total. The van der Waals surface area contributed by atoms with Gasteiger partial charge >= 0.3 is 0 Å². The van der Waals surface area contributed by atoms with Gasteiger partial charge in [-0.1, -0.05) is 12.1 Å². The predicted octanol–water partition coefficient (Wildman–Crippen LogP) is 2.20. The molecule has 2 aliphatic rings. The highest BCUT2D eigenvalue weighted by Crippen LogP contribution is 2.21. The average Bonchev–Trinajstić information content (AvgIpc) is 2.74. The highest BCUT2D eigenvalue weighted by atomic mass is 19.1. The van der Waals surface area contributed by atoms with Crippen molar-refractivity contribution in [3.63, 3.8) is 0 Å². The van der Waals surface area contributed by atoms with Gasteiger partial charge in [-0.3, -0.25) is 14.4 Å². The van der Waals surface area contributed by atoms with Crippen LogP contribution in [-0.4, -0.2) is 60.2 Å². The average molecular weight is 389 g/mol. The molecule has 1 atom stereocenters. The van der Waals surface area contributed by atoms with Gasteiger partial charge in [-0.25, -0.2) is 4.39 Å². The van der Waals surface area contributed by atoms with E-state index in [4.69, 9.17) is 0 Å². The van der Waals surface area contributed by atoms with Crippen molar-refractivity contribution in [3.05, 3.63) is 35.6 Å². The molecule has 2 fully saturated rings. The van der Waals surface area contributed by atoms with Crippen molar-refractivity contribution in [2.75, 3.05) is 32.7 Å². The SMILES string of the molecule is O=C(NCCC(=O)N1CCC[C@@H](C(=O)N2CCCCC2)C1)c1ccccc1F. The van der Waals surface area contributed by atoms with Gasteiger partial charge in [-0.05, 0) is 44.2 Å². The standard InChI is InChI=1S/C21H28FN3O3/c22-18-9-3-2-8-17(18)20(27)23-11-10-19(26)25-14-6-7-16(15-25)21(28)24-12-4-1-5-13-24/h2-3,8-9,16H,1,4-7,10-15H2,(H,23,27)/t16-/m1/s1. The van der Waals surface area contributed by atoms with E-state index in [0.717, 1.165) is 38.8 Å². The molecule has 1 aromatic carbocycles. The molecule has 0 unspecified atom stereocenters. The molecule has 2 saturated heterocycles. The molecule has 0 spiro atoms. The first-order valence-electron chi connectivity index (χ1n) is 10.2. The van der Waals surface area contributed by atoms with E-state index >= 15 is 0 Å². The molecule has 7 heteroatoms. The van der Waals surface area contributed by atoms with Crippen LogP contribution in [0.4, 0.5) is 4.39 Å². The Labute approximate surface area is 165 Å². The number of nitrogens with one attached hydrogen (secondary N) is 1. The highest BCUT2D eigenvalue weighted by molar-refractivity contribution is 5.94. The zero-order valence-corrected chi connectivity index (χ0v) is 16.2. The van der Waals surface area contributed by atoms with Crippen molar-refractivity contribution in [3.8, 4) is 0 Å². The van der Waals surface area contributed by atoms with Gasteiger partial charge in [0.15, 0.2) is 0 Å². The van der Waals surface area contributed by atoms with E-state index in [1.165, 1.54) is 24.6 Å². The third-order valence-electron chi connectivity index (χ3n) is 5.53. The lowest BCUT2D eigenvalue weighted by Crippen LogP contribution is -2.48. The Morgan fingerprint density at radius 1 is 1.00 bits per heavy atom. The summed E-state index contributed by atoms with van der Waals surface area (Å²) in [5.41, 5.74) is -0.0277. The highest BCUT2D eigenvalue weighted by Gasteiger charge is 2.31. The Bertz CT molecular complexity index is 719. The largest absolute Gasteiger partial charge is 0.351 e. The number of hydrogen-bond acceptors (Lipinski definition) is 3. The molecule has 1 N–H and O–H groups in total. The van der Waals surface area contributed by atoms with Gasteiger partial charge in [-0.15, -0.1) is 0 Å². The van der Waals surface area contributed by atoms with Gasteiger partial charge in [0.05, 0.1) is 11.5 Å². The smallest absolute Gasteiger partial charge is 0.254 e. The molecule has 3 amide bonds. The molecule has 0 radical (unpaired) electrons. The minimum Gasteiger partial charge on any atom is -0.351 e. The van der Waals surface area contributed by atoms with Gasteiger partial charge < -0.3 is 15.1 Å². The molecular weight excluding hydrogens is 361 g/mol. The topological polar surface area (TPSA) is 69.7 Å². The van der Waals surface area contributed by atoms with Crippen LogP contribution in [0.15, 0.2) is 24.3 Å². The molecule has 0 bridgehead atoms. The monoisotopic (exact) mass is 389 g/mol. The zero-order chi connectivity index (χ0) is 19.9. The summed E-state index contributed by atoms with van der Waals surface area (Å²) in [6.07, 6.45) is 5.08. The van der Waals surface area contributed by atoms with Crippen molar-refractivity contribution in [1.82, 2.24) is 15.1 Å². The van der Waals surface area contributed by atoms with E-state index in [0.29, 0.717) is 13.1 Å². The summed E-state index contributed by atoms with van der Waals surface area (Å²) in [7, 11) is 0. The van der Waals surface area contributed by atoms with E-state index in [1.807, 2.05) is 4.90 Å². The zero-order valence-electron chi connectivity index (χ0n) is 16.2. The second-order valence-electron chi connectivity index (χ2n) is 7.55. The van der Waals surface area contributed by atoms with E-state index in [1.54, 1.807) is 11.0 Å². The van der Waals surface area contributed by atoms with E-state index < -0.39 is 11.7 Å². The van der Waals surface area contributed by atoms with E-state index in [2.05, 4.69) is 5.32 Å². The van der Waals surface area contributed by atoms with Crippen LogP contribution in [-0.2, 0) is 9.59 Å². The number of amides is 3. The summed E-state index contributed by atoms with van der Waals surface area (Å²) in [6.45, 7) is 2.89. The van der Waals surface area contributed by atoms with Gasteiger partial charge in [0, 0.05) is 39.1 Å². The Balaban J connectivity index is 1.45. The van der Waals surface area contributed by atoms with Crippen LogP contribution in [0.2, 0.25) is 0 Å². The number of halogens is 1. The van der Waals surface area contributed by atoms with Crippen molar-refractivity contribution >= 4 is 17.7 Å². The lowest BCUT2D eigenvalue weighted by molar-refractivity contribution is -0.141. The van der Waals surface area contributed by atoms with Crippen LogP contribution >= 0.6 is 0 Å².